The van der Waals surface area contributed by atoms with Gasteiger partial charge in [0.25, 0.3) is 0 Å². The molecule has 0 aliphatic heterocycles. The molecule has 70 valence electrons. The molecule has 1 aromatic rings. The number of primary amides is 1. The fourth-order valence-corrected chi connectivity index (χ4v) is 1.45. The van der Waals surface area contributed by atoms with Crippen molar-refractivity contribution in [2.24, 2.45) is 5.73 Å². The maximum absolute atomic E-state index is 10.9. The van der Waals surface area contributed by atoms with Gasteiger partial charge in [0.2, 0.25) is 5.91 Å². The first-order valence-corrected chi connectivity index (χ1v) is 4.54. The Morgan fingerprint density at radius 2 is 2.15 bits per heavy atom. The summed E-state index contributed by atoms with van der Waals surface area (Å²) in [6, 6.07) is 5.81. The maximum atomic E-state index is 10.9. The second-order valence-electron chi connectivity index (χ2n) is 3.26. The van der Waals surface area contributed by atoms with Crippen LogP contribution in [0.4, 0.5) is 0 Å². The molecule has 0 radical (unpaired) electrons. The molecule has 0 aliphatic carbocycles. The highest BCUT2D eigenvalue weighted by molar-refractivity contribution is 5.94. The van der Waals surface area contributed by atoms with Gasteiger partial charge in [-0.05, 0) is 30.5 Å². The third-order valence-corrected chi connectivity index (χ3v) is 2.09. The summed E-state index contributed by atoms with van der Waals surface area (Å²) in [4.78, 5) is 10.9. The zero-order valence-corrected chi connectivity index (χ0v) is 8.13. The van der Waals surface area contributed by atoms with Gasteiger partial charge in [-0.3, -0.25) is 4.79 Å². The van der Waals surface area contributed by atoms with Crippen LogP contribution < -0.4 is 5.73 Å². The third kappa shape index (κ3) is 2.31. The van der Waals surface area contributed by atoms with E-state index >= 15 is 0 Å². The Balaban J connectivity index is 2.98. The van der Waals surface area contributed by atoms with Crippen LogP contribution in [0, 0.1) is 6.92 Å². The van der Waals surface area contributed by atoms with E-state index in [2.05, 4.69) is 6.92 Å². The van der Waals surface area contributed by atoms with Crippen molar-refractivity contribution in [3.05, 3.63) is 34.9 Å². The molecule has 0 saturated heterocycles. The second-order valence-corrected chi connectivity index (χ2v) is 3.26. The van der Waals surface area contributed by atoms with Crippen LogP contribution in [-0.4, -0.2) is 5.91 Å². The Hall–Kier alpha value is -1.31. The molecule has 0 heterocycles. The third-order valence-electron chi connectivity index (χ3n) is 2.09. The molecular weight excluding hydrogens is 162 g/mol. The number of hydrogen-bond donors (Lipinski definition) is 1. The molecule has 0 fully saturated rings. The van der Waals surface area contributed by atoms with Crippen molar-refractivity contribution in [3.8, 4) is 0 Å². The minimum atomic E-state index is -0.347. The van der Waals surface area contributed by atoms with Gasteiger partial charge in [0.05, 0.1) is 0 Å². The van der Waals surface area contributed by atoms with E-state index < -0.39 is 0 Å². The number of aryl methyl sites for hydroxylation is 2. The van der Waals surface area contributed by atoms with E-state index in [1.54, 1.807) is 0 Å². The van der Waals surface area contributed by atoms with Crippen molar-refractivity contribution in [2.45, 2.75) is 26.7 Å². The minimum Gasteiger partial charge on any atom is -0.366 e. The van der Waals surface area contributed by atoms with Gasteiger partial charge in [0, 0.05) is 5.56 Å². The highest BCUT2D eigenvalue weighted by Crippen LogP contribution is 2.11. The lowest BCUT2D eigenvalue weighted by molar-refractivity contribution is 0.0999. The number of amides is 1. The SMILES string of the molecule is CCCc1ccc(C(N)=O)c(C)c1. The van der Waals surface area contributed by atoms with E-state index in [1.807, 2.05) is 25.1 Å². The predicted octanol–water partition coefficient (Wildman–Crippen LogP) is 2.05. The van der Waals surface area contributed by atoms with Gasteiger partial charge in [-0.15, -0.1) is 0 Å². The molecule has 0 aromatic heterocycles. The van der Waals surface area contributed by atoms with Crippen LogP contribution in [0.1, 0.15) is 34.8 Å². The van der Waals surface area contributed by atoms with Crippen LogP contribution in [0.2, 0.25) is 0 Å². The summed E-state index contributed by atoms with van der Waals surface area (Å²) < 4.78 is 0. The first-order valence-electron chi connectivity index (χ1n) is 4.54. The van der Waals surface area contributed by atoms with Crippen LogP contribution >= 0.6 is 0 Å². The molecule has 0 saturated carbocycles. The summed E-state index contributed by atoms with van der Waals surface area (Å²) in [5.74, 6) is -0.347. The average Bonchev–Trinajstić information content (AvgIpc) is 2.04. The summed E-state index contributed by atoms with van der Waals surface area (Å²) in [5, 5.41) is 0. The van der Waals surface area contributed by atoms with E-state index in [4.69, 9.17) is 5.73 Å². The van der Waals surface area contributed by atoms with Crippen molar-refractivity contribution in [1.82, 2.24) is 0 Å². The smallest absolute Gasteiger partial charge is 0.248 e. The van der Waals surface area contributed by atoms with Crippen molar-refractivity contribution < 1.29 is 4.79 Å². The maximum Gasteiger partial charge on any atom is 0.248 e. The molecule has 0 unspecified atom stereocenters. The Labute approximate surface area is 78.8 Å². The lowest BCUT2D eigenvalue weighted by Gasteiger charge is -2.04. The summed E-state index contributed by atoms with van der Waals surface area (Å²) >= 11 is 0. The first kappa shape index (κ1) is 9.78. The largest absolute Gasteiger partial charge is 0.366 e. The zero-order valence-electron chi connectivity index (χ0n) is 8.13. The number of hydrogen-bond acceptors (Lipinski definition) is 1. The lowest BCUT2D eigenvalue weighted by Crippen LogP contribution is -2.12. The van der Waals surface area contributed by atoms with Crippen molar-refractivity contribution in [2.75, 3.05) is 0 Å². The van der Waals surface area contributed by atoms with Crippen LogP contribution in [0.25, 0.3) is 0 Å². The highest BCUT2D eigenvalue weighted by atomic mass is 16.1. The van der Waals surface area contributed by atoms with Crippen LogP contribution in [-0.2, 0) is 6.42 Å². The fraction of sp³-hybridized carbons (Fsp3) is 0.364. The number of benzene rings is 1. The molecule has 0 bridgehead atoms. The van der Waals surface area contributed by atoms with Gasteiger partial charge in [-0.1, -0.05) is 25.5 Å². The van der Waals surface area contributed by atoms with Crippen molar-refractivity contribution in [3.63, 3.8) is 0 Å². The number of rotatable bonds is 3. The van der Waals surface area contributed by atoms with Gasteiger partial charge >= 0.3 is 0 Å². The first-order chi connectivity index (χ1) is 6.15. The molecule has 1 amide bonds. The molecule has 0 spiro atoms. The number of carbonyl (C=O) groups is 1. The number of nitrogens with two attached hydrogens (primary N) is 1. The molecule has 2 nitrogen and oxygen atoms in total. The van der Waals surface area contributed by atoms with Gasteiger partial charge in [-0.25, -0.2) is 0 Å². The summed E-state index contributed by atoms with van der Waals surface area (Å²) in [5.41, 5.74) is 8.06. The summed E-state index contributed by atoms with van der Waals surface area (Å²) in [7, 11) is 0. The molecule has 13 heavy (non-hydrogen) atoms. The Morgan fingerprint density at radius 1 is 1.46 bits per heavy atom. The van der Waals surface area contributed by atoms with Gasteiger partial charge in [0.15, 0.2) is 0 Å². The molecular formula is C11H15NO. The minimum absolute atomic E-state index is 0.347. The van der Waals surface area contributed by atoms with E-state index in [0.717, 1.165) is 18.4 Å². The van der Waals surface area contributed by atoms with E-state index in [9.17, 15) is 4.79 Å². The van der Waals surface area contributed by atoms with Gasteiger partial charge in [0.1, 0.15) is 0 Å². The Bertz CT molecular complexity index is 318. The van der Waals surface area contributed by atoms with Gasteiger partial charge < -0.3 is 5.73 Å². The molecule has 1 rings (SSSR count). The summed E-state index contributed by atoms with van der Waals surface area (Å²) in [6.45, 7) is 4.05. The van der Waals surface area contributed by atoms with Crippen LogP contribution in [0.15, 0.2) is 18.2 Å². The molecule has 1 aromatic carbocycles. The number of carbonyl (C=O) groups excluding carboxylic acids is 1. The molecule has 2 heteroatoms. The fourth-order valence-electron chi connectivity index (χ4n) is 1.45. The second kappa shape index (κ2) is 4.08. The lowest BCUT2D eigenvalue weighted by atomic mass is 10.0. The predicted molar refractivity (Wildman–Crippen MR) is 53.7 cm³/mol. The Kier molecular flexibility index (Phi) is 3.07. The molecule has 0 atom stereocenters. The Morgan fingerprint density at radius 3 is 2.62 bits per heavy atom. The van der Waals surface area contributed by atoms with Crippen molar-refractivity contribution in [1.29, 1.82) is 0 Å². The molecule has 0 aliphatic rings. The van der Waals surface area contributed by atoms with E-state index in [1.165, 1.54) is 5.56 Å². The van der Waals surface area contributed by atoms with Crippen LogP contribution in [0.5, 0.6) is 0 Å². The highest BCUT2D eigenvalue weighted by Gasteiger charge is 2.04. The van der Waals surface area contributed by atoms with E-state index in [0.29, 0.717) is 5.56 Å². The quantitative estimate of drug-likeness (QED) is 0.754. The molecule has 2 N–H and O–H groups in total. The normalized spacial score (nSPS) is 10.0. The zero-order chi connectivity index (χ0) is 9.84. The monoisotopic (exact) mass is 177 g/mol. The van der Waals surface area contributed by atoms with Crippen LogP contribution in [0.3, 0.4) is 0 Å². The topological polar surface area (TPSA) is 43.1 Å². The standard InChI is InChI=1S/C11H15NO/c1-3-4-9-5-6-10(11(12)13)8(2)7-9/h5-7H,3-4H2,1-2H3,(H2,12,13). The van der Waals surface area contributed by atoms with Crippen molar-refractivity contribution >= 4 is 5.91 Å². The van der Waals surface area contributed by atoms with Gasteiger partial charge in [-0.2, -0.15) is 0 Å². The summed E-state index contributed by atoms with van der Waals surface area (Å²) in [6.07, 6.45) is 2.18. The van der Waals surface area contributed by atoms with E-state index in [-0.39, 0.29) is 5.91 Å². The average molecular weight is 177 g/mol.